The fourth-order valence-electron chi connectivity index (χ4n) is 2.85. The molecule has 0 radical (unpaired) electrons. The molecular weight excluding hydrogens is 348 g/mol. The lowest BCUT2D eigenvalue weighted by Gasteiger charge is -2.12. The van der Waals surface area contributed by atoms with Crippen LogP contribution in [0.25, 0.3) is 0 Å². The second kappa shape index (κ2) is 9.12. The van der Waals surface area contributed by atoms with Crippen LogP contribution < -0.4 is 14.8 Å². The Kier molecular flexibility index (Phi) is 6.87. The van der Waals surface area contributed by atoms with Crippen molar-refractivity contribution in [2.75, 3.05) is 20.8 Å². The number of amides is 1. The van der Waals surface area contributed by atoms with E-state index in [9.17, 15) is 9.59 Å². The molecule has 0 saturated carbocycles. The van der Waals surface area contributed by atoms with Crippen molar-refractivity contribution in [2.45, 2.75) is 33.9 Å². The Morgan fingerprint density at radius 3 is 2.41 bits per heavy atom. The third-order valence-corrected chi connectivity index (χ3v) is 4.31. The zero-order valence-electron chi connectivity index (χ0n) is 16.4. The minimum absolute atomic E-state index is 0.129. The lowest BCUT2D eigenvalue weighted by molar-refractivity contribution is -0.121. The lowest BCUT2D eigenvalue weighted by Crippen LogP contribution is -2.28. The molecule has 27 heavy (non-hydrogen) atoms. The molecule has 0 aliphatic heterocycles. The molecule has 7 heteroatoms. The van der Waals surface area contributed by atoms with E-state index in [-0.39, 0.29) is 18.4 Å². The fourth-order valence-corrected chi connectivity index (χ4v) is 2.85. The number of nitrogens with zero attached hydrogens (tertiary/aromatic N) is 1. The van der Waals surface area contributed by atoms with Gasteiger partial charge in [-0.25, -0.2) is 4.79 Å². The van der Waals surface area contributed by atoms with E-state index in [0.29, 0.717) is 35.9 Å². The summed E-state index contributed by atoms with van der Waals surface area (Å²) in [5.41, 5.74) is 2.93. The van der Waals surface area contributed by atoms with Gasteiger partial charge in [-0.3, -0.25) is 4.79 Å². The van der Waals surface area contributed by atoms with Gasteiger partial charge in [0.2, 0.25) is 5.91 Å². The minimum atomic E-state index is -0.373. The summed E-state index contributed by atoms with van der Waals surface area (Å²) in [7, 11) is 3.14. The van der Waals surface area contributed by atoms with Crippen LogP contribution in [0.5, 0.6) is 11.5 Å². The molecule has 0 atom stereocenters. The molecule has 1 heterocycles. The van der Waals surface area contributed by atoms with Gasteiger partial charge in [-0.15, -0.1) is 0 Å². The first-order chi connectivity index (χ1) is 12.9. The van der Waals surface area contributed by atoms with Crippen molar-refractivity contribution < 1.29 is 23.8 Å². The highest BCUT2D eigenvalue weighted by Gasteiger charge is 2.18. The predicted octanol–water partition coefficient (Wildman–Crippen LogP) is 2.62. The number of benzene rings is 1. The summed E-state index contributed by atoms with van der Waals surface area (Å²) < 4.78 is 17.3. The molecule has 0 spiro atoms. The Balaban J connectivity index is 2.03. The Morgan fingerprint density at radius 1 is 1.07 bits per heavy atom. The predicted molar refractivity (Wildman–Crippen MR) is 101 cm³/mol. The Labute approximate surface area is 159 Å². The summed E-state index contributed by atoms with van der Waals surface area (Å²) in [6.07, 6.45) is 0. The molecule has 0 bridgehead atoms. The van der Waals surface area contributed by atoms with Crippen LogP contribution in [0.1, 0.15) is 34.2 Å². The van der Waals surface area contributed by atoms with Crippen molar-refractivity contribution in [1.82, 2.24) is 9.88 Å². The van der Waals surface area contributed by atoms with Crippen molar-refractivity contribution in [1.29, 1.82) is 0 Å². The topological polar surface area (TPSA) is 78.8 Å². The Bertz CT molecular complexity index is 826. The number of ether oxygens (including phenoxy) is 3. The highest BCUT2D eigenvalue weighted by atomic mass is 16.5. The monoisotopic (exact) mass is 374 g/mol. The van der Waals surface area contributed by atoms with Crippen LogP contribution >= 0.6 is 0 Å². The van der Waals surface area contributed by atoms with Crippen molar-refractivity contribution in [3.63, 3.8) is 0 Å². The second-order valence-corrected chi connectivity index (χ2v) is 6.06. The summed E-state index contributed by atoms with van der Waals surface area (Å²) in [6, 6.07) is 7.23. The molecule has 0 saturated heterocycles. The van der Waals surface area contributed by atoms with Crippen LogP contribution in [0.2, 0.25) is 0 Å². The number of esters is 1. The number of hydrogen-bond donors (Lipinski definition) is 1. The van der Waals surface area contributed by atoms with E-state index in [2.05, 4.69) is 5.32 Å². The third-order valence-electron chi connectivity index (χ3n) is 4.31. The number of aryl methyl sites for hydroxylation is 1. The maximum absolute atomic E-state index is 12.4. The van der Waals surface area contributed by atoms with Gasteiger partial charge in [0.1, 0.15) is 6.54 Å². The standard InChI is InChI=1S/C20H26N2O5/c1-6-27-20(24)16-9-13(2)22(14(16)3)12-19(23)21-11-15-7-8-17(25-4)18(10-15)26-5/h7-10H,6,11-12H2,1-5H3,(H,21,23). The SMILES string of the molecule is CCOC(=O)c1cc(C)n(CC(=O)NCc2ccc(OC)c(OC)c2)c1C. The summed E-state index contributed by atoms with van der Waals surface area (Å²) in [6.45, 7) is 6.23. The maximum atomic E-state index is 12.4. The number of hydrogen-bond acceptors (Lipinski definition) is 5. The summed E-state index contributed by atoms with van der Waals surface area (Å²) in [5.74, 6) is 0.725. The third kappa shape index (κ3) is 4.81. The van der Waals surface area contributed by atoms with Gasteiger partial charge in [0, 0.05) is 17.9 Å². The van der Waals surface area contributed by atoms with Crippen LogP contribution in [-0.2, 0) is 22.6 Å². The van der Waals surface area contributed by atoms with Gasteiger partial charge in [0.05, 0.1) is 26.4 Å². The molecule has 146 valence electrons. The first-order valence-corrected chi connectivity index (χ1v) is 8.72. The molecule has 2 rings (SSSR count). The summed E-state index contributed by atoms with van der Waals surface area (Å²) >= 11 is 0. The van der Waals surface area contributed by atoms with Crippen LogP contribution in [-0.4, -0.2) is 37.3 Å². The van der Waals surface area contributed by atoms with E-state index in [1.54, 1.807) is 44.8 Å². The fraction of sp³-hybridized carbons (Fsp3) is 0.400. The van der Waals surface area contributed by atoms with Crippen LogP contribution in [0.3, 0.4) is 0 Å². The summed E-state index contributed by atoms with van der Waals surface area (Å²) in [4.78, 5) is 24.4. The van der Waals surface area contributed by atoms with Gasteiger partial charge in [0.15, 0.2) is 11.5 Å². The van der Waals surface area contributed by atoms with Gasteiger partial charge in [-0.1, -0.05) is 6.07 Å². The van der Waals surface area contributed by atoms with E-state index in [1.165, 1.54) is 0 Å². The van der Waals surface area contributed by atoms with E-state index >= 15 is 0 Å². The van der Waals surface area contributed by atoms with Gasteiger partial charge in [-0.2, -0.15) is 0 Å². The highest BCUT2D eigenvalue weighted by Crippen LogP contribution is 2.27. The molecule has 0 fully saturated rings. The average molecular weight is 374 g/mol. The molecular formula is C20H26N2O5. The second-order valence-electron chi connectivity index (χ2n) is 6.06. The van der Waals surface area contributed by atoms with Gasteiger partial charge in [0.25, 0.3) is 0 Å². The van der Waals surface area contributed by atoms with E-state index in [0.717, 1.165) is 11.3 Å². The Hall–Kier alpha value is -2.96. The molecule has 1 N–H and O–H groups in total. The number of carbonyl (C=O) groups excluding carboxylic acids is 2. The van der Waals surface area contributed by atoms with Crippen molar-refractivity contribution in [3.8, 4) is 11.5 Å². The zero-order valence-corrected chi connectivity index (χ0v) is 16.4. The molecule has 0 aliphatic carbocycles. The van der Waals surface area contributed by atoms with Crippen molar-refractivity contribution >= 4 is 11.9 Å². The van der Waals surface area contributed by atoms with Crippen molar-refractivity contribution in [2.24, 2.45) is 0 Å². The molecule has 1 amide bonds. The molecule has 1 aromatic carbocycles. The molecule has 1 aromatic heterocycles. The smallest absolute Gasteiger partial charge is 0.339 e. The van der Waals surface area contributed by atoms with Crippen LogP contribution in [0.15, 0.2) is 24.3 Å². The molecule has 0 unspecified atom stereocenters. The lowest BCUT2D eigenvalue weighted by atomic mass is 10.2. The minimum Gasteiger partial charge on any atom is -0.493 e. The van der Waals surface area contributed by atoms with Gasteiger partial charge in [-0.05, 0) is 44.5 Å². The van der Waals surface area contributed by atoms with Gasteiger partial charge < -0.3 is 24.1 Å². The van der Waals surface area contributed by atoms with E-state index in [1.807, 2.05) is 19.1 Å². The number of nitrogens with one attached hydrogen (secondary N) is 1. The van der Waals surface area contributed by atoms with Crippen LogP contribution in [0, 0.1) is 13.8 Å². The number of carbonyl (C=O) groups is 2. The average Bonchev–Trinajstić information content (AvgIpc) is 2.94. The molecule has 7 nitrogen and oxygen atoms in total. The number of aromatic nitrogens is 1. The zero-order chi connectivity index (χ0) is 20.0. The van der Waals surface area contributed by atoms with Crippen molar-refractivity contribution in [3.05, 3.63) is 46.8 Å². The Morgan fingerprint density at radius 2 is 1.78 bits per heavy atom. The first-order valence-electron chi connectivity index (χ1n) is 8.72. The van der Waals surface area contributed by atoms with Crippen LogP contribution in [0.4, 0.5) is 0 Å². The highest BCUT2D eigenvalue weighted by molar-refractivity contribution is 5.91. The van der Waals surface area contributed by atoms with E-state index in [4.69, 9.17) is 14.2 Å². The number of rotatable bonds is 8. The van der Waals surface area contributed by atoms with E-state index < -0.39 is 0 Å². The quantitative estimate of drug-likeness (QED) is 0.719. The van der Waals surface area contributed by atoms with Gasteiger partial charge >= 0.3 is 5.97 Å². The largest absolute Gasteiger partial charge is 0.493 e. The summed E-state index contributed by atoms with van der Waals surface area (Å²) in [5, 5.41) is 2.88. The maximum Gasteiger partial charge on any atom is 0.339 e. The number of methoxy groups -OCH3 is 2. The molecule has 0 aliphatic rings. The molecule has 2 aromatic rings. The normalized spacial score (nSPS) is 10.4. The first kappa shape index (κ1) is 20.4.